The first-order valence-electron chi connectivity index (χ1n) is 11.9. The zero-order chi connectivity index (χ0) is 27.0. The highest BCUT2D eigenvalue weighted by Crippen LogP contribution is 2.33. The second kappa shape index (κ2) is 17.2. The number of hydrogen-bond acceptors (Lipinski definition) is 7. The molecule has 0 amide bonds. The van der Waals surface area contributed by atoms with Crippen molar-refractivity contribution < 1.29 is 24.5 Å². The number of fused-ring (bicyclic) bond motifs is 1. The van der Waals surface area contributed by atoms with E-state index < -0.39 is 11.9 Å². The fourth-order valence-corrected chi connectivity index (χ4v) is 4.94. The number of carboxylic acid groups (broad SMARTS) is 2. The molecule has 2 N–H and O–H groups in total. The summed E-state index contributed by atoms with van der Waals surface area (Å²) >= 11 is 6.94. The van der Waals surface area contributed by atoms with Crippen LogP contribution < -0.4 is 4.74 Å². The Morgan fingerprint density at radius 1 is 1.03 bits per heavy atom. The summed E-state index contributed by atoms with van der Waals surface area (Å²) in [5.74, 6) is -0.348. The Hall–Kier alpha value is -2.40. The quantitative estimate of drug-likeness (QED) is 0.154. The van der Waals surface area contributed by atoms with Crippen molar-refractivity contribution in [2.75, 3.05) is 38.8 Å². The van der Waals surface area contributed by atoms with Crippen molar-refractivity contribution in [1.82, 2.24) is 9.27 Å². The van der Waals surface area contributed by atoms with Gasteiger partial charge in [-0.15, -0.1) is 0 Å². The Morgan fingerprint density at radius 3 is 2.35 bits per heavy atom. The Labute approximate surface area is 234 Å². The number of halogens is 1. The summed E-state index contributed by atoms with van der Waals surface area (Å²) < 4.78 is 12.9. The molecule has 37 heavy (non-hydrogen) atoms. The second-order valence-corrected chi connectivity index (χ2v) is 11.0. The van der Waals surface area contributed by atoms with E-state index >= 15 is 0 Å². The van der Waals surface area contributed by atoms with Crippen molar-refractivity contribution in [3.05, 3.63) is 59.1 Å². The molecule has 3 aromatic rings. The summed E-state index contributed by atoms with van der Waals surface area (Å²) in [6, 6.07) is 14.6. The molecule has 0 fully saturated rings. The molecule has 7 nitrogen and oxygen atoms in total. The van der Waals surface area contributed by atoms with Crippen LogP contribution in [0, 0.1) is 0 Å². The molecule has 200 valence electrons. The van der Waals surface area contributed by atoms with E-state index in [9.17, 15) is 9.59 Å². The lowest BCUT2D eigenvalue weighted by Gasteiger charge is -2.15. The zero-order valence-corrected chi connectivity index (χ0v) is 24.3. The van der Waals surface area contributed by atoms with Gasteiger partial charge >= 0.3 is 11.9 Å². The second-order valence-electron chi connectivity index (χ2n) is 8.26. The van der Waals surface area contributed by atoms with E-state index in [2.05, 4.69) is 81.0 Å². The monoisotopic (exact) mass is 608 g/mol. The Bertz CT molecular complexity index is 1140. The zero-order valence-electron chi connectivity index (χ0n) is 21.1. The van der Waals surface area contributed by atoms with E-state index in [0.717, 1.165) is 34.5 Å². The number of rotatable bonds is 14. The van der Waals surface area contributed by atoms with E-state index in [1.54, 1.807) is 0 Å². The first-order valence-corrected chi connectivity index (χ1v) is 14.9. The number of unbranched alkanes of at least 4 members (excludes halogenated alkanes) is 3. The number of hydrogen-bond donors (Lipinski definition) is 2. The van der Waals surface area contributed by atoms with Crippen molar-refractivity contribution in [1.29, 1.82) is 0 Å². The summed E-state index contributed by atoms with van der Waals surface area (Å²) in [4.78, 5) is 21.5. The fourth-order valence-electron chi connectivity index (χ4n) is 3.35. The maximum Gasteiger partial charge on any atom is 0.328 e. The minimum Gasteiger partial charge on any atom is -0.494 e. The summed E-state index contributed by atoms with van der Waals surface area (Å²) in [6.07, 6.45) is 8.17. The van der Waals surface area contributed by atoms with Crippen molar-refractivity contribution in [2.45, 2.75) is 25.7 Å². The van der Waals surface area contributed by atoms with E-state index in [0.29, 0.717) is 12.2 Å². The minimum absolute atomic E-state index is 0.558. The van der Waals surface area contributed by atoms with Crippen LogP contribution in [0.1, 0.15) is 25.7 Å². The SMILES string of the molecule is CSCCN(C)CCCCCCOc1ccc2c(-c3ccc(Br)cc3)nsc2c1.O=C(O)/C=C/C(=O)O. The van der Waals surface area contributed by atoms with Crippen molar-refractivity contribution >= 4 is 61.2 Å². The topological polar surface area (TPSA) is 100.0 Å². The summed E-state index contributed by atoms with van der Waals surface area (Å²) in [5.41, 5.74) is 2.19. The van der Waals surface area contributed by atoms with Crippen molar-refractivity contribution in [2.24, 2.45) is 0 Å². The van der Waals surface area contributed by atoms with Crippen LogP contribution in [0.25, 0.3) is 21.3 Å². The predicted molar refractivity (Wildman–Crippen MR) is 157 cm³/mol. The molecule has 3 rings (SSSR count). The van der Waals surface area contributed by atoms with Crippen LogP contribution in [0.4, 0.5) is 0 Å². The van der Waals surface area contributed by atoms with Gasteiger partial charge in [0, 0.05) is 39.9 Å². The largest absolute Gasteiger partial charge is 0.494 e. The normalized spacial score (nSPS) is 11.0. The Kier molecular flexibility index (Phi) is 14.3. The lowest BCUT2D eigenvalue weighted by atomic mass is 10.1. The van der Waals surface area contributed by atoms with Gasteiger partial charge in [0.25, 0.3) is 0 Å². The van der Waals surface area contributed by atoms with Crippen LogP contribution in [-0.2, 0) is 9.59 Å². The highest BCUT2D eigenvalue weighted by molar-refractivity contribution is 9.10. The van der Waals surface area contributed by atoms with Gasteiger partial charge < -0.3 is 19.8 Å². The van der Waals surface area contributed by atoms with Crippen LogP contribution in [0.2, 0.25) is 0 Å². The minimum atomic E-state index is -1.26. The highest BCUT2D eigenvalue weighted by Gasteiger charge is 2.09. The van der Waals surface area contributed by atoms with Gasteiger partial charge in [0.15, 0.2) is 0 Å². The number of thioether (sulfide) groups is 1. The first-order chi connectivity index (χ1) is 17.8. The van der Waals surface area contributed by atoms with Gasteiger partial charge in [-0.1, -0.05) is 40.9 Å². The molecule has 0 bridgehead atoms. The van der Waals surface area contributed by atoms with Crippen LogP contribution in [0.5, 0.6) is 5.75 Å². The van der Waals surface area contributed by atoms with E-state index in [1.165, 1.54) is 59.7 Å². The molecule has 0 atom stereocenters. The van der Waals surface area contributed by atoms with Crippen molar-refractivity contribution in [3.63, 3.8) is 0 Å². The molecular weight excluding hydrogens is 576 g/mol. The van der Waals surface area contributed by atoms with E-state index in [1.807, 2.05) is 11.8 Å². The standard InChI is InChI=1S/C23H29BrN2OS2.C4H4O4/c1-26(14-16-28-2)13-5-3-4-6-15-27-20-11-12-21-22(17-20)29-25-23(21)18-7-9-19(24)10-8-18;5-3(6)1-2-4(7)8/h7-12,17H,3-6,13-16H2,1-2H3;1-2H,(H,5,6)(H,7,8)/b;2-1+. The van der Waals surface area contributed by atoms with Gasteiger partial charge in [-0.2, -0.15) is 16.1 Å². The number of aromatic nitrogens is 1. The molecule has 1 heterocycles. The van der Waals surface area contributed by atoms with Gasteiger partial charge in [-0.05, 0) is 74.6 Å². The lowest BCUT2D eigenvalue weighted by Crippen LogP contribution is -2.22. The third-order valence-corrected chi connectivity index (χ3v) is 7.24. The molecule has 0 unspecified atom stereocenters. The highest BCUT2D eigenvalue weighted by atomic mass is 79.9. The molecule has 0 aliphatic heterocycles. The van der Waals surface area contributed by atoms with Crippen molar-refractivity contribution in [3.8, 4) is 17.0 Å². The number of ether oxygens (including phenoxy) is 1. The summed E-state index contributed by atoms with van der Waals surface area (Å²) in [7, 11) is 2.22. The number of nitrogens with zero attached hydrogens (tertiary/aromatic N) is 2. The molecular formula is C27H33BrN2O5S2. The predicted octanol–water partition coefficient (Wildman–Crippen LogP) is 6.67. The lowest BCUT2D eigenvalue weighted by molar-refractivity contribution is -0.134. The maximum atomic E-state index is 9.55. The third kappa shape index (κ3) is 12.1. The number of carboxylic acids is 2. The molecule has 0 saturated carbocycles. The molecule has 10 heteroatoms. The van der Waals surface area contributed by atoms with Gasteiger partial charge in [0.1, 0.15) is 5.75 Å². The van der Waals surface area contributed by atoms with E-state index in [-0.39, 0.29) is 0 Å². The molecule has 0 spiro atoms. The maximum absolute atomic E-state index is 9.55. The van der Waals surface area contributed by atoms with Crippen LogP contribution in [0.15, 0.2) is 59.1 Å². The first kappa shape index (κ1) is 30.8. The molecule has 2 aromatic carbocycles. The van der Waals surface area contributed by atoms with Crippen LogP contribution in [-0.4, -0.2) is 70.2 Å². The average molecular weight is 610 g/mol. The smallest absolute Gasteiger partial charge is 0.328 e. The number of benzene rings is 2. The van der Waals surface area contributed by atoms with Crippen LogP contribution >= 0.6 is 39.2 Å². The molecule has 1 aromatic heterocycles. The number of carbonyl (C=O) groups is 2. The van der Waals surface area contributed by atoms with Gasteiger partial charge in [-0.3, -0.25) is 0 Å². The van der Waals surface area contributed by atoms with Gasteiger partial charge in [-0.25, -0.2) is 9.59 Å². The fraction of sp³-hybridized carbons (Fsp3) is 0.370. The molecule has 0 saturated heterocycles. The van der Waals surface area contributed by atoms with Gasteiger partial charge in [0.05, 0.1) is 17.0 Å². The third-order valence-electron chi connectivity index (χ3n) is 5.31. The summed E-state index contributed by atoms with van der Waals surface area (Å²) in [6.45, 7) is 3.17. The number of aliphatic carboxylic acids is 2. The molecule has 0 aliphatic carbocycles. The summed E-state index contributed by atoms with van der Waals surface area (Å²) in [5, 5.41) is 16.8. The van der Waals surface area contributed by atoms with Crippen LogP contribution in [0.3, 0.4) is 0 Å². The Morgan fingerprint density at radius 2 is 1.70 bits per heavy atom. The Balaban J connectivity index is 0.000000521. The molecule has 0 aliphatic rings. The van der Waals surface area contributed by atoms with Gasteiger partial charge in [0.2, 0.25) is 0 Å². The van der Waals surface area contributed by atoms with E-state index in [4.69, 9.17) is 14.9 Å². The molecule has 0 radical (unpaired) electrons. The average Bonchev–Trinajstić information content (AvgIpc) is 3.30.